The molecule has 0 aliphatic heterocycles. The molecule has 0 radical (unpaired) electrons. The Morgan fingerprint density at radius 1 is 1.05 bits per heavy atom. The van der Waals surface area contributed by atoms with Crippen molar-refractivity contribution in [1.29, 1.82) is 0 Å². The molecule has 106 valence electrons. The van der Waals surface area contributed by atoms with E-state index < -0.39 is 11.6 Å². The Bertz CT molecular complexity index is 564. The van der Waals surface area contributed by atoms with Crippen LogP contribution in [-0.2, 0) is 6.42 Å². The van der Waals surface area contributed by atoms with Crippen molar-refractivity contribution in [3.8, 4) is 0 Å². The van der Waals surface area contributed by atoms with Crippen molar-refractivity contribution in [2.75, 3.05) is 0 Å². The molecule has 0 N–H and O–H groups in total. The summed E-state index contributed by atoms with van der Waals surface area (Å²) in [7, 11) is 0. The van der Waals surface area contributed by atoms with Crippen LogP contribution in [-0.4, -0.2) is 0 Å². The maximum atomic E-state index is 13.8. The third-order valence-electron chi connectivity index (χ3n) is 3.35. The molecule has 0 heterocycles. The van der Waals surface area contributed by atoms with Crippen LogP contribution in [0.1, 0.15) is 41.3 Å². The largest absolute Gasteiger partial charge is 0.204 e. The molecular weight excluding hydrogens is 322 g/mol. The van der Waals surface area contributed by atoms with Gasteiger partial charge in [0, 0.05) is 5.56 Å². The maximum Gasteiger partial charge on any atom is 0.163 e. The zero-order valence-electron chi connectivity index (χ0n) is 11.4. The lowest BCUT2D eigenvalue weighted by molar-refractivity contribution is 0.500. The first-order valence-electron chi connectivity index (χ1n) is 6.80. The Labute approximate surface area is 127 Å². The first-order chi connectivity index (χ1) is 9.63. The fraction of sp³-hybridized carbons (Fsp3) is 0.294. The lowest BCUT2D eigenvalue weighted by atomic mass is 10.0. The number of halogens is 3. The van der Waals surface area contributed by atoms with Gasteiger partial charge in [-0.1, -0.05) is 65.7 Å². The van der Waals surface area contributed by atoms with Crippen molar-refractivity contribution in [3.63, 3.8) is 0 Å². The van der Waals surface area contributed by atoms with Gasteiger partial charge in [0.15, 0.2) is 11.6 Å². The second-order valence-corrected chi connectivity index (χ2v) is 5.77. The Morgan fingerprint density at radius 3 is 2.40 bits per heavy atom. The molecule has 0 fully saturated rings. The van der Waals surface area contributed by atoms with E-state index in [0.717, 1.165) is 30.9 Å². The van der Waals surface area contributed by atoms with E-state index in [1.807, 2.05) is 12.1 Å². The van der Waals surface area contributed by atoms with Gasteiger partial charge in [0.05, 0.1) is 4.83 Å². The van der Waals surface area contributed by atoms with Crippen LogP contribution in [0, 0.1) is 11.6 Å². The molecule has 0 spiro atoms. The fourth-order valence-corrected chi connectivity index (χ4v) is 2.79. The SMILES string of the molecule is CCCCc1ccc(C(Br)c2cccc(F)c2F)cc1. The van der Waals surface area contributed by atoms with Crippen molar-refractivity contribution in [1.82, 2.24) is 0 Å². The first kappa shape index (κ1) is 15.2. The summed E-state index contributed by atoms with van der Waals surface area (Å²) in [4.78, 5) is -0.335. The lowest BCUT2D eigenvalue weighted by Crippen LogP contribution is -1.99. The van der Waals surface area contributed by atoms with Crippen LogP contribution in [0.2, 0.25) is 0 Å². The van der Waals surface area contributed by atoms with E-state index in [0.29, 0.717) is 5.56 Å². The minimum atomic E-state index is -0.813. The topological polar surface area (TPSA) is 0 Å². The molecule has 0 amide bonds. The normalized spacial score (nSPS) is 12.4. The number of unbranched alkanes of at least 4 members (excludes halogenated alkanes) is 1. The van der Waals surface area contributed by atoms with Crippen LogP contribution in [0.5, 0.6) is 0 Å². The third-order valence-corrected chi connectivity index (χ3v) is 4.37. The molecule has 20 heavy (non-hydrogen) atoms. The van der Waals surface area contributed by atoms with E-state index in [1.54, 1.807) is 6.07 Å². The number of aryl methyl sites for hydroxylation is 1. The summed E-state index contributed by atoms with van der Waals surface area (Å²) in [5.74, 6) is -1.60. The van der Waals surface area contributed by atoms with E-state index in [2.05, 4.69) is 35.0 Å². The molecule has 2 aromatic rings. The van der Waals surface area contributed by atoms with E-state index in [4.69, 9.17) is 0 Å². The van der Waals surface area contributed by atoms with Gasteiger partial charge in [-0.2, -0.15) is 0 Å². The fourth-order valence-electron chi connectivity index (χ4n) is 2.13. The predicted molar refractivity (Wildman–Crippen MR) is 82.2 cm³/mol. The summed E-state index contributed by atoms with van der Waals surface area (Å²) in [5, 5.41) is 0. The molecule has 0 saturated heterocycles. The maximum absolute atomic E-state index is 13.8. The highest BCUT2D eigenvalue weighted by Gasteiger charge is 2.17. The molecular formula is C17H17BrF2. The zero-order valence-corrected chi connectivity index (χ0v) is 13.0. The summed E-state index contributed by atoms with van der Waals surface area (Å²) in [6, 6.07) is 12.3. The molecule has 0 bridgehead atoms. The number of rotatable bonds is 5. The number of hydrogen-bond donors (Lipinski definition) is 0. The number of hydrogen-bond acceptors (Lipinski definition) is 0. The molecule has 0 aromatic heterocycles. The Morgan fingerprint density at radius 2 is 1.75 bits per heavy atom. The standard InChI is InChI=1S/C17H17BrF2/c1-2-3-5-12-8-10-13(11-9-12)16(18)14-6-4-7-15(19)17(14)20/h4,6-11,16H,2-3,5H2,1H3. The molecule has 0 saturated carbocycles. The van der Waals surface area contributed by atoms with Gasteiger partial charge in [0.25, 0.3) is 0 Å². The van der Waals surface area contributed by atoms with Crippen molar-refractivity contribution in [2.24, 2.45) is 0 Å². The average Bonchev–Trinajstić information content (AvgIpc) is 2.48. The monoisotopic (exact) mass is 338 g/mol. The van der Waals surface area contributed by atoms with E-state index in [-0.39, 0.29) is 4.83 Å². The lowest BCUT2D eigenvalue weighted by Gasteiger charge is -2.12. The van der Waals surface area contributed by atoms with Gasteiger partial charge in [-0.05, 0) is 30.0 Å². The highest BCUT2D eigenvalue weighted by molar-refractivity contribution is 9.09. The van der Waals surface area contributed by atoms with Crippen molar-refractivity contribution in [3.05, 3.63) is 70.8 Å². The summed E-state index contributed by atoms with van der Waals surface area (Å²) in [5.41, 5.74) is 2.52. The van der Waals surface area contributed by atoms with Crippen LogP contribution in [0.4, 0.5) is 8.78 Å². The van der Waals surface area contributed by atoms with Crippen LogP contribution in [0.3, 0.4) is 0 Å². The van der Waals surface area contributed by atoms with E-state index in [1.165, 1.54) is 11.6 Å². The van der Waals surface area contributed by atoms with Gasteiger partial charge in [0.1, 0.15) is 0 Å². The molecule has 0 aliphatic carbocycles. The van der Waals surface area contributed by atoms with Gasteiger partial charge in [0.2, 0.25) is 0 Å². The minimum absolute atomic E-state index is 0.325. The number of alkyl halides is 1. The van der Waals surface area contributed by atoms with Gasteiger partial charge in [-0.25, -0.2) is 8.78 Å². The van der Waals surface area contributed by atoms with E-state index >= 15 is 0 Å². The quantitative estimate of drug-likeness (QED) is 0.605. The summed E-state index contributed by atoms with van der Waals surface area (Å²) in [6.07, 6.45) is 3.38. The molecule has 2 rings (SSSR count). The highest BCUT2D eigenvalue weighted by Crippen LogP contribution is 2.33. The summed E-state index contributed by atoms with van der Waals surface area (Å²) < 4.78 is 27.0. The van der Waals surface area contributed by atoms with Gasteiger partial charge in [-0.15, -0.1) is 0 Å². The van der Waals surface area contributed by atoms with Crippen molar-refractivity contribution >= 4 is 15.9 Å². The Hall–Kier alpha value is -1.22. The zero-order chi connectivity index (χ0) is 14.5. The van der Waals surface area contributed by atoms with Gasteiger partial charge < -0.3 is 0 Å². The Balaban J connectivity index is 2.20. The molecule has 1 atom stereocenters. The van der Waals surface area contributed by atoms with Crippen LogP contribution in [0.25, 0.3) is 0 Å². The second-order valence-electron chi connectivity index (χ2n) is 4.85. The average molecular weight is 339 g/mol. The Kier molecular flexibility index (Phi) is 5.30. The highest BCUT2D eigenvalue weighted by atomic mass is 79.9. The molecule has 0 aliphatic rings. The first-order valence-corrected chi connectivity index (χ1v) is 7.72. The predicted octanol–water partition coefficient (Wildman–Crippen LogP) is 5.79. The van der Waals surface area contributed by atoms with Crippen LogP contribution in [0.15, 0.2) is 42.5 Å². The van der Waals surface area contributed by atoms with E-state index in [9.17, 15) is 8.78 Å². The summed E-state index contributed by atoms with van der Waals surface area (Å²) in [6.45, 7) is 2.16. The molecule has 1 unspecified atom stereocenters. The minimum Gasteiger partial charge on any atom is -0.204 e. The van der Waals surface area contributed by atoms with Gasteiger partial charge in [-0.3, -0.25) is 0 Å². The van der Waals surface area contributed by atoms with Gasteiger partial charge >= 0.3 is 0 Å². The smallest absolute Gasteiger partial charge is 0.163 e. The summed E-state index contributed by atoms with van der Waals surface area (Å²) >= 11 is 3.45. The van der Waals surface area contributed by atoms with Crippen molar-refractivity contribution in [2.45, 2.75) is 31.0 Å². The van der Waals surface area contributed by atoms with Crippen LogP contribution < -0.4 is 0 Å². The molecule has 3 heteroatoms. The van der Waals surface area contributed by atoms with Crippen LogP contribution >= 0.6 is 15.9 Å². The molecule has 2 aromatic carbocycles. The third kappa shape index (κ3) is 3.45. The molecule has 0 nitrogen and oxygen atoms in total. The second kappa shape index (κ2) is 6.98. The number of benzene rings is 2. The van der Waals surface area contributed by atoms with Crippen molar-refractivity contribution < 1.29 is 8.78 Å².